The molecule has 2 rings (SSSR count). The Morgan fingerprint density at radius 1 is 1.50 bits per heavy atom. The van der Waals surface area contributed by atoms with Crippen molar-refractivity contribution in [1.29, 1.82) is 0 Å². The predicted molar refractivity (Wildman–Crippen MR) is 71.9 cm³/mol. The summed E-state index contributed by atoms with van der Waals surface area (Å²) in [5.74, 6) is 1.29. The van der Waals surface area contributed by atoms with E-state index in [1.165, 1.54) is 19.4 Å². The maximum absolute atomic E-state index is 5.56. The maximum Gasteiger partial charge on any atom is 0.226 e. The molecule has 0 radical (unpaired) electrons. The average molecular weight is 250 g/mol. The lowest BCUT2D eigenvalue weighted by Gasteiger charge is -2.30. The van der Waals surface area contributed by atoms with Crippen molar-refractivity contribution in [2.24, 2.45) is 0 Å². The highest BCUT2D eigenvalue weighted by molar-refractivity contribution is 5.29. The maximum atomic E-state index is 5.56. The van der Waals surface area contributed by atoms with Crippen molar-refractivity contribution in [1.82, 2.24) is 14.9 Å². The fraction of sp³-hybridized carbons (Fsp3) is 0.692. The van der Waals surface area contributed by atoms with Crippen LogP contribution in [0.5, 0.6) is 5.88 Å². The Balaban J connectivity index is 1.96. The first-order chi connectivity index (χ1) is 8.63. The third-order valence-electron chi connectivity index (χ3n) is 2.94. The van der Waals surface area contributed by atoms with Crippen molar-refractivity contribution in [3.8, 4) is 5.88 Å². The van der Waals surface area contributed by atoms with Crippen LogP contribution in [0.4, 0.5) is 5.95 Å². The zero-order valence-corrected chi connectivity index (χ0v) is 11.4. The topological polar surface area (TPSA) is 50.3 Å². The molecule has 0 aromatic carbocycles. The third-order valence-corrected chi connectivity index (χ3v) is 2.94. The largest absolute Gasteiger partial charge is 0.475 e. The number of rotatable bonds is 4. The van der Waals surface area contributed by atoms with Crippen LogP contribution >= 0.6 is 0 Å². The molecule has 0 saturated carbocycles. The van der Waals surface area contributed by atoms with Crippen LogP contribution in [0.15, 0.2) is 12.3 Å². The summed E-state index contributed by atoms with van der Waals surface area (Å²) in [5.41, 5.74) is 0. The Labute approximate surface area is 109 Å². The number of hydrogen-bond acceptors (Lipinski definition) is 5. The van der Waals surface area contributed by atoms with E-state index in [0.29, 0.717) is 17.9 Å². The van der Waals surface area contributed by atoms with Crippen LogP contribution in [0.3, 0.4) is 0 Å². The number of ether oxygens (including phenoxy) is 1. The summed E-state index contributed by atoms with van der Waals surface area (Å²) in [4.78, 5) is 10.9. The van der Waals surface area contributed by atoms with Gasteiger partial charge in [-0.3, -0.25) is 0 Å². The number of aromatic nitrogens is 2. The fourth-order valence-electron chi connectivity index (χ4n) is 2.19. The molecular weight excluding hydrogens is 228 g/mol. The minimum absolute atomic E-state index is 0.133. The van der Waals surface area contributed by atoms with E-state index >= 15 is 0 Å². The molecule has 1 saturated heterocycles. The summed E-state index contributed by atoms with van der Waals surface area (Å²) >= 11 is 0. The fourth-order valence-corrected chi connectivity index (χ4v) is 2.19. The highest BCUT2D eigenvalue weighted by atomic mass is 16.5. The lowest BCUT2D eigenvalue weighted by Crippen LogP contribution is -2.40. The van der Waals surface area contributed by atoms with Crippen molar-refractivity contribution in [3.05, 3.63) is 12.3 Å². The highest BCUT2D eigenvalue weighted by Gasteiger charge is 2.17. The van der Waals surface area contributed by atoms with Gasteiger partial charge in [-0.1, -0.05) is 0 Å². The van der Waals surface area contributed by atoms with E-state index in [4.69, 9.17) is 4.74 Å². The van der Waals surface area contributed by atoms with E-state index in [2.05, 4.69) is 27.2 Å². The molecule has 5 heteroatoms. The standard InChI is InChI=1S/C13H22N4O/c1-10(2)18-12-6-7-14-13(16-12)15-11-5-4-8-17(3)9-11/h6-7,10-11H,4-5,8-9H2,1-3H3,(H,14,15,16). The molecule has 18 heavy (non-hydrogen) atoms. The summed E-state index contributed by atoms with van der Waals surface area (Å²) in [6.07, 6.45) is 4.26. The Hall–Kier alpha value is -1.36. The van der Waals surface area contributed by atoms with Gasteiger partial charge >= 0.3 is 0 Å². The van der Waals surface area contributed by atoms with E-state index in [1.807, 2.05) is 13.8 Å². The summed E-state index contributed by atoms with van der Waals surface area (Å²) < 4.78 is 5.56. The molecule has 100 valence electrons. The summed E-state index contributed by atoms with van der Waals surface area (Å²) in [5, 5.41) is 3.38. The molecule has 0 aliphatic carbocycles. The zero-order valence-electron chi connectivity index (χ0n) is 11.4. The molecule has 1 unspecified atom stereocenters. The number of hydrogen-bond donors (Lipinski definition) is 1. The second kappa shape index (κ2) is 6.00. The summed E-state index contributed by atoms with van der Waals surface area (Å²) in [7, 11) is 2.15. The second-order valence-corrected chi connectivity index (χ2v) is 5.13. The van der Waals surface area contributed by atoms with Gasteiger partial charge in [-0.15, -0.1) is 0 Å². The molecular formula is C13H22N4O. The Morgan fingerprint density at radius 2 is 2.33 bits per heavy atom. The van der Waals surface area contributed by atoms with Crippen molar-refractivity contribution in [2.45, 2.75) is 38.8 Å². The minimum Gasteiger partial charge on any atom is -0.475 e. The highest BCUT2D eigenvalue weighted by Crippen LogP contribution is 2.15. The van der Waals surface area contributed by atoms with E-state index in [0.717, 1.165) is 6.54 Å². The Bertz CT molecular complexity index is 383. The number of likely N-dealkylation sites (N-methyl/N-ethyl adjacent to an activating group) is 1. The third kappa shape index (κ3) is 3.84. The lowest BCUT2D eigenvalue weighted by atomic mass is 10.1. The first-order valence-corrected chi connectivity index (χ1v) is 6.58. The van der Waals surface area contributed by atoms with E-state index in [1.54, 1.807) is 12.3 Å². The lowest BCUT2D eigenvalue weighted by molar-refractivity contribution is 0.232. The predicted octanol–water partition coefficient (Wildman–Crippen LogP) is 1.77. The van der Waals surface area contributed by atoms with Crippen LogP contribution in [0.2, 0.25) is 0 Å². The number of likely N-dealkylation sites (tertiary alicyclic amines) is 1. The van der Waals surface area contributed by atoms with Crippen molar-refractivity contribution < 1.29 is 4.74 Å². The van der Waals surface area contributed by atoms with Gasteiger partial charge in [0.05, 0.1) is 6.10 Å². The molecule has 1 N–H and O–H groups in total. The van der Waals surface area contributed by atoms with Crippen LogP contribution in [0.25, 0.3) is 0 Å². The van der Waals surface area contributed by atoms with Gasteiger partial charge in [-0.2, -0.15) is 4.98 Å². The average Bonchev–Trinajstić information content (AvgIpc) is 2.28. The van der Waals surface area contributed by atoms with Gasteiger partial charge in [0, 0.05) is 24.8 Å². The van der Waals surface area contributed by atoms with Crippen LogP contribution < -0.4 is 10.1 Å². The minimum atomic E-state index is 0.133. The molecule has 1 aliphatic heterocycles. The van der Waals surface area contributed by atoms with Gasteiger partial charge in [-0.25, -0.2) is 4.98 Å². The summed E-state index contributed by atoms with van der Waals surface area (Å²) in [6, 6.07) is 2.22. The first kappa shape index (κ1) is 13.1. The van der Waals surface area contributed by atoms with Gasteiger partial charge in [0.1, 0.15) is 0 Å². The van der Waals surface area contributed by atoms with E-state index in [9.17, 15) is 0 Å². The number of anilines is 1. The quantitative estimate of drug-likeness (QED) is 0.882. The normalized spacial score (nSPS) is 21.0. The van der Waals surface area contributed by atoms with Gasteiger partial charge in [0.2, 0.25) is 11.8 Å². The molecule has 1 fully saturated rings. The van der Waals surface area contributed by atoms with E-state index < -0.39 is 0 Å². The second-order valence-electron chi connectivity index (χ2n) is 5.13. The number of piperidine rings is 1. The molecule has 1 aliphatic rings. The summed E-state index contributed by atoms with van der Waals surface area (Å²) in [6.45, 7) is 6.20. The molecule has 0 bridgehead atoms. The molecule has 1 aromatic heterocycles. The molecule has 5 nitrogen and oxygen atoms in total. The van der Waals surface area contributed by atoms with Crippen molar-refractivity contribution >= 4 is 5.95 Å². The van der Waals surface area contributed by atoms with Crippen molar-refractivity contribution in [3.63, 3.8) is 0 Å². The van der Waals surface area contributed by atoms with Crippen molar-refractivity contribution in [2.75, 3.05) is 25.5 Å². The smallest absolute Gasteiger partial charge is 0.226 e. The van der Waals surface area contributed by atoms with Crippen LogP contribution in [-0.4, -0.2) is 47.2 Å². The molecule has 1 atom stereocenters. The van der Waals surface area contributed by atoms with Gasteiger partial charge in [0.15, 0.2) is 0 Å². The SMILES string of the molecule is CC(C)Oc1ccnc(NC2CCCN(C)C2)n1. The molecule has 0 spiro atoms. The molecule has 1 aromatic rings. The number of nitrogens with zero attached hydrogens (tertiary/aromatic N) is 3. The zero-order chi connectivity index (χ0) is 13.0. The van der Waals surface area contributed by atoms with Crippen LogP contribution in [0.1, 0.15) is 26.7 Å². The van der Waals surface area contributed by atoms with Gasteiger partial charge < -0.3 is 15.0 Å². The van der Waals surface area contributed by atoms with Gasteiger partial charge in [-0.05, 0) is 40.3 Å². The Kier molecular flexibility index (Phi) is 4.36. The monoisotopic (exact) mass is 250 g/mol. The molecule has 0 amide bonds. The van der Waals surface area contributed by atoms with Crippen LogP contribution in [-0.2, 0) is 0 Å². The molecule has 2 heterocycles. The number of nitrogens with one attached hydrogen (secondary N) is 1. The Morgan fingerprint density at radius 3 is 3.06 bits per heavy atom. The van der Waals surface area contributed by atoms with Gasteiger partial charge in [0.25, 0.3) is 0 Å². The van der Waals surface area contributed by atoms with E-state index in [-0.39, 0.29) is 6.10 Å². The first-order valence-electron chi connectivity index (χ1n) is 6.58. The van der Waals surface area contributed by atoms with Crippen LogP contribution in [0, 0.1) is 0 Å².